The van der Waals surface area contributed by atoms with Crippen molar-refractivity contribution < 1.29 is 4.74 Å². The monoisotopic (exact) mass is 290 g/mol. The van der Waals surface area contributed by atoms with E-state index in [1.54, 1.807) is 11.3 Å². The summed E-state index contributed by atoms with van der Waals surface area (Å²) in [6.07, 6.45) is 0. The van der Waals surface area contributed by atoms with Crippen molar-refractivity contribution in [2.45, 2.75) is 26.2 Å². The van der Waals surface area contributed by atoms with Crippen LogP contribution in [-0.2, 0) is 5.41 Å². The predicted octanol–water partition coefficient (Wildman–Crippen LogP) is 4.12. The van der Waals surface area contributed by atoms with Crippen molar-refractivity contribution in [3.8, 4) is 5.75 Å². The molecule has 2 rings (SSSR count). The van der Waals surface area contributed by atoms with Crippen LogP contribution in [0.4, 0.5) is 11.4 Å². The largest absolute Gasteiger partial charge is 0.492 e. The Bertz CT molecular complexity index is 550. The van der Waals surface area contributed by atoms with Gasteiger partial charge < -0.3 is 15.8 Å². The summed E-state index contributed by atoms with van der Waals surface area (Å²) in [6, 6.07) is 10.1. The normalized spacial score (nSPS) is 11.3. The highest BCUT2D eigenvalue weighted by Crippen LogP contribution is 2.29. The van der Waals surface area contributed by atoms with Gasteiger partial charge in [-0.05, 0) is 30.5 Å². The number of hydrogen-bond donors (Lipinski definition) is 2. The minimum atomic E-state index is 0.0985. The third-order valence-electron chi connectivity index (χ3n) is 3.24. The lowest BCUT2D eigenvalue weighted by atomic mass is 9.91. The Kier molecular flexibility index (Phi) is 4.55. The summed E-state index contributed by atoms with van der Waals surface area (Å²) in [5.74, 6) is 0.742. The SMILES string of the molecule is CCOc1cc(NCC(C)(C)c2cccs2)ccc1N. The van der Waals surface area contributed by atoms with Gasteiger partial charge in [0.2, 0.25) is 0 Å². The van der Waals surface area contributed by atoms with Crippen molar-refractivity contribution in [2.75, 3.05) is 24.2 Å². The third kappa shape index (κ3) is 3.45. The molecule has 0 unspecified atom stereocenters. The van der Waals surface area contributed by atoms with Crippen LogP contribution in [0, 0.1) is 0 Å². The first-order chi connectivity index (χ1) is 9.53. The fourth-order valence-corrected chi connectivity index (χ4v) is 2.85. The van der Waals surface area contributed by atoms with Gasteiger partial charge in [0.15, 0.2) is 0 Å². The Morgan fingerprint density at radius 1 is 1.30 bits per heavy atom. The van der Waals surface area contributed by atoms with E-state index < -0.39 is 0 Å². The van der Waals surface area contributed by atoms with Crippen LogP contribution < -0.4 is 15.8 Å². The molecule has 0 aliphatic heterocycles. The number of thiophene rings is 1. The van der Waals surface area contributed by atoms with Gasteiger partial charge in [-0.3, -0.25) is 0 Å². The molecule has 0 spiro atoms. The van der Waals surface area contributed by atoms with Gasteiger partial charge in [-0.15, -0.1) is 11.3 Å². The van der Waals surface area contributed by atoms with Crippen molar-refractivity contribution in [1.29, 1.82) is 0 Å². The van der Waals surface area contributed by atoms with Gasteiger partial charge in [0, 0.05) is 28.6 Å². The summed E-state index contributed by atoms with van der Waals surface area (Å²) in [5, 5.41) is 5.59. The number of nitrogens with two attached hydrogens (primary N) is 1. The number of nitrogens with one attached hydrogen (secondary N) is 1. The Hall–Kier alpha value is -1.68. The first-order valence-corrected chi connectivity index (χ1v) is 7.71. The molecular weight excluding hydrogens is 268 g/mol. The molecular formula is C16H22N2OS. The molecule has 4 heteroatoms. The zero-order valence-corrected chi connectivity index (χ0v) is 13.1. The first kappa shape index (κ1) is 14.7. The summed E-state index contributed by atoms with van der Waals surface area (Å²) in [7, 11) is 0. The molecule has 0 atom stereocenters. The average Bonchev–Trinajstić information content (AvgIpc) is 2.95. The molecule has 108 valence electrons. The van der Waals surface area contributed by atoms with Crippen molar-refractivity contribution >= 4 is 22.7 Å². The quantitative estimate of drug-likeness (QED) is 0.787. The number of benzene rings is 1. The predicted molar refractivity (Wildman–Crippen MR) is 87.9 cm³/mol. The van der Waals surface area contributed by atoms with Crippen molar-refractivity contribution in [3.63, 3.8) is 0 Å². The van der Waals surface area contributed by atoms with Crippen LogP contribution >= 0.6 is 11.3 Å². The number of ether oxygens (including phenoxy) is 1. The molecule has 1 aromatic heterocycles. The molecule has 0 fully saturated rings. The lowest BCUT2D eigenvalue weighted by Gasteiger charge is -2.24. The Morgan fingerprint density at radius 2 is 2.10 bits per heavy atom. The summed E-state index contributed by atoms with van der Waals surface area (Å²) < 4.78 is 5.52. The Labute approximate surface area is 124 Å². The van der Waals surface area contributed by atoms with Gasteiger partial charge in [0.25, 0.3) is 0 Å². The van der Waals surface area contributed by atoms with Crippen LogP contribution in [0.5, 0.6) is 5.75 Å². The van der Waals surface area contributed by atoms with E-state index in [2.05, 4.69) is 36.7 Å². The molecule has 3 nitrogen and oxygen atoms in total. The van der Waals surface area contributed by atoms with Gasteiger partial charge >= 0.3 is 0 Å². The van der Waals surface area contributed by atoms with Crippen molar-refractivity contribution in [2.24, 2.45) is 0 Å². The average molecular weight is 290 g/mol. The third-order valence-corrected chi connectivity index (χ3v) is 4.47. The molecule has 0 saturated heterocycles. The van der Waals surface area contributed by atoms with Crippen molar-refractivity contribution in [1.82, 2.24) is 0 Å². The Morgan fingerprint density at radius 3 is 2.75 bits per heavy atom. The van der Waals surface area contributed by atoms with Crippen LogP contribution in [0.1, 0.15) is 25.6 Å². The second-order valence-electron chi connectivity index (χ2n) is 5.40. The molecule has 1 aromatic carbocycles. The van der Waals surface area contributed by atoms with E-state index in [1.165, 1.54) is 4.88 Å². The maximum absolute atomic E-state index is 5.88. The molecule has 20 heavy (non-hydrogen) atoms. The van der Waals surface area contributed by atoms with Gasteiger partial charge in [-0.1, -0.05) is 19.9 Å². The van der Waals surface area contributed by atoms with E-state index >= 15 is 0 Å². The van der Waals surface area contributed by atoms with E-state index in [9.17, 15) is 0 Å². The number of anilines is 2. The van der Waals surface area contributed by atoms with E-state index in [0.29, 0.717) is 12.3 Å². The number of rotatable bonds is 6. The smallest absolute Gasteiger partial charge is 0.144 e. The molecule has 0 aliphatic rings. The number of hydrogen-bond acceptors (Lipinski definition) is 4. The molecule has 3 N–H and O–H groups in total. The molecule has 0 aliphatic carbocycles. The molecule has 0 radical (unpaired) electrons. The zero-order chi connectivity index (χ0) is 14.6. The summed E-state index contributed by atoms with van der Waals surface area (Å²) in [4.78, 5) is 1.38. The lowest BCUT2D eigenvalue weighted by molar-refractivity contribution is 0.342. The Balaban J connectivity index is 2.05. The molecule has 0 saturated carbocycles. The van der Waals surface area contributed by atoms with Crippen LogP contribution in [0.15, 0.2) is 35.7 Å². The molecule has 2 aromatic rings. The van der Waals surface area contributed by atoms with E-state index in [-0.39, 0.29) is 5.41 Å². The first-order valence-electron chi connectivity index (χ1n) is 6.83. The molecule has 1 heterocycles. The summed E-state index contributed by atoms with van der Waals surface area (Å²) >= 11 is 1.79. The van der Waals surface area contributed by atoms with Gasteiger partial charge in [0.1, 0.15) is 5.75 Å². The fourth-order valence-electron chi connectivity index (χ4n) is 2.00. The second kappa shape index (κ2) is 6.18. The highest BCUT2D eigenvalue weighted by atomic mass is 32.1. The van der Waals surface area contributed by atoms with E-state index in [1.807, 2.05) is 25.1 Å². The zero-order valence-electron chi connectivity index (χ0n) is 12.3. The van der Waals surface area contributed by atoms with Crippen LogP contribution in [0.2, 0.25) is 0 Å². The maximum atomic E-state index is 5.88. The summed E-state index contributed by atoms with van der Waals surface area (Å²) in [6.45, 7) is 7.93. The van der Waals surface area contributed by atoms with E-state index in [4.69, 9.17) is 10.5 Å². The lowest BCUT2D eigenvalue weighted by Crippen LogP contribution is -2.26. The van der Waals surface area contributed by atoms with Gasteiger partial charge in [-0.25, -0.2) is 0 Å². The van der Waals surface area contributed by atoms with E-state index in [0.717, 1.165) is 18.0 Å². The fraction of sp³-hybridized carbons (Fsp3) is 0.375. The van der Waals surface area contributed by atoms with Crippen LogP contribution in [0.25, 0.3) is 0 Å². The minimum Gasteiger partial charge on any atom is -0.492 e. The highest BCUT2D eigenvalue weighted by molar-refractivity contribution is 7.10. The van der Waals surface area contributed by atoms with Crippen molar-refractivity contribution in [3.05, 3.63) is 40.6 Å². The second-order valence-corrected chi connectivity index (χ2v) is 6.35. The highest BCUT2D eigenvalue weighted by Gasteiger charge is 2.21. The molecule has 0 bridgehead atoms. The standard InChI is InChI=1S/C16H22N2OS/c1-4-19-14-10-12(7-8-13(14)17)18-11-16(2,3)15-6-5-9-20-15/h5-10,18H,4,11,17H2,1-3H3. The van der Waals surface area contributed by atoms with Crippen LogP contribution in [-0.4, -0.2) is 13.2 Å². The van der Waals surface area contributed by atoms with Gasteiger partial charge in [0.05, 0.1) is 12.3 Å². The van der Waals surface area contributed by atoms with Crippen LogP contribution in [0.3, 0.4) is 0 Å². The van der Waals surface area contributed by atoms with Gasteiger partial charge in [-0.2, -0.15) is 0 Å². The molecule has 0 amide bonds. The summed E-state index contributed by atoms with van der Waals surface area (Å²) in [5.41, 5.74) is 7.69. The minimum absolute atomic E-state index is 0.0985. The topological polar surface area (TPSA) is 47.3 Å². The number of nitrogen functional groups attached to an aromatic ring is 1. The maximum Gasteiger partial charge on any atom is 0.144 e.